The van der Waals surface area contributed by atoms with Gasteiger partial charge in [-0.1, -0.05) is 0 Å². The fourth-order valence-corrected chi connectivity index (χ4v) is 4.09. The van der Waals surface area contributed by atoms with E-state index >= 15 is 0 Å². The molecule has 0 amide bonds. The number of nitrogens with one attached hydrogen (secondary N) is 1. The molecular formula is C15H16N4O6S. The molecular weight excluding hydrogens is 364 g/mol. The van der Waals surface area contributed by atoms with E-state index in [-0.39, 0.29) is 40.9 Å². The van der Waals surface area contributed by atoms with Gasteiger partial charge in [0.2, 0.25) is 10.0 Å². The van der Waals surface area contributed by atoms with E-state index < -0.39 is 14.9 Å². The Bertz CT molecular complexity index is 927. The number of aromatic nitrogens is 1. The van der Waals surface area contributed by atoms with Crippen molar-refractivity contribution in [1.82, 2.24) is 14.6 Å². The lowest BCUT2D eigenvalue weighted by Crippen LogP contribution is -2.46. The number of benzene rings is 1. The molecule has 2 heterocycles. The molecule has 1 aromatic heterocycles. The summed E-state index contributed by atoms with van der Waals surface area (Å²) in [7, 11) is -4.00. The van der Waals surface area contributed by atoms with Crippen molar-refractivity contribution in [2.45, 2.75) is 4.90 Å². The summed E-state index contributed by atoms with van der Waals surface area (Å²) in [5.74, 6) is -0.131. The topological polar surface area (TPSA) is 135 Å². The van der Waals surface area contributed by atoms with Crippen LogP contribution in [0.25, 0.3) is 0 Å². The molecule has 1 aliphatic rings. The second-order valence-electron chi connectivity index (χ2n) is 5.52. The average Bonchev–Trinajstić information content (AvgIpc) is 2.62. The average molecular weight is 380 g/mol. The first kappa shape index (κ1) is 18.0. The highest BCUT2D eigenvalue weighted by molar-refractivity contribution is 7.89. The van der Waals surface area contributed by atoms with Crippen molar-refractivity contribution in [2.24, 2.45) is 0 Å². The highest BCUT2D eigenvalue weighted by Crippen LogP contribution is 2.34. The first-order valence-electron chi connectivity index (χ1n) is 7.69. The first-order chi connectivity index (χ1) is 12.4. The largest absolute Gasteiger partial charge is 0.506 e. The predicted molar refractivity (Wildman–Crippen MR) is 90.7 cm³/mol. The zero-order valence-electron chi connectivity index (χ0n) is 13.5. The predicted octanol–water partition coefficient (Wildman–Crippen LogP) is 1.08. The van der Waals surface area contributed by atoms with E-state index in [0.717, 1.165) is 12.1 Å². The summed E-state index contributed by atoms with van der Waals surface area (Å²) in [4.78, 5) is 13.9. The Morgan fingerprint density at radius 1 is 1.23 bits per heavy atom. The minimum atomic E-state index is -4.00. The summed E-state index contributed by atoms with van der Waals surface area (Å²) in [6, 6.07) is 4.61. The van der Waals surface area contributed by atoms with Gasteiger partial charge in [0, 0.05) is 44.4 Å². The lowest BCUT2D eigenvalue weighted by molar-refractivity contribution is -0.385. The van der Waals surface area contributed by atoms with Crippen molar-refractivity contribution < 1.29 is 23.2 Å². The number of nitro benzene ring substituents is 1. The smallest absolute Gasteiger partial charge is 0.271 e. The fourth-order valence-electron chi connectivity index (χ4n) is 2.51. The van der Waals surface area contributed by atoms with Gasteiger partial charge in [0.15, 0.2) is 0 Å². The molecule has 0 aliphatic carbocycles. The molecule has 11 heteroatoms. The summed E-state index contributed by atoms with van der Waals surface area (Å²) < 4.78 is 32.7. The van der Waals surface area contributed by atoms with Crippen molar-refractivity contribution in [1.29, 1.82) is 0 Å². The molecule has 1 fully saturated rings. The first-order valence-corrected chi connectivity index (χ1v) is 9.13. The molecule has 1 aliphatic heterocycles. The number of piperazine rings is 1. The van der Waals surface area contributed by atoms with Crippen LogP contribution in [0.15, 0.2) is 41.6 Å². The number of rotatable bonds is 5. The summed E-state index contributed by atoms with van der Waals surface area (Å²) in [5, 5.41) is 23.6. The van der Waals surface area contributed by atoms with Crippen molar-refractivity contribution >= 4 is 15.7 Å². The second kappa shape index (κ2) is 7.23. The number of pyridine rings is 1. The van der Waals surface area contributed by atoms with Crippen LogP contribution in [-0.4, -0.2) is 53.9 Å². The third-order valence-corrected chi connectivity index (χ3v) is 5.68. The van der Waals surface area contributed by atoms with Gasteiger partial charge in [-0.15, -0.1) is 0 Å². The maximum absolute atomic E-state index is 13.0. The van der Waals surface area contributed by atoms with Gasteiger partial charge < -0.3 is 15.2 Å². The Balaban J connectivity index is 2.05. The molecule has 26 heavy (non-hydrogen) atoms. The zero-order valence-corrected chi connectivity index (χ0v) is 14.3. The van der Waals surface area contributed by atoms with E-state index in [1.54, 1.807) is 0 Å². The number of nitrogens with zero attached hydrogens (tertiary/aromatic N) is 3. The molecule has 0 unspecified atom stereocenters. The van der Waals surface area contributed by atoms with Gasteiger partial charge in [-0.25, -0.2) is 8.42 Å². The molecule has 0 atom stereocenters. The summed E-state index contributed by atoms with van der Waals surface area (Å²) >= 11 is 0. The summed E-state index contributed by atoms with van der Waals surface area (Å²) in [6.07, 6.45) is 2.49. The molecule has 2 aromatic rings. The monoisotopic (exact) mass is 380 g/mol. The highest BCUT2D eigenvalue weighted by Gasteiger charge is 2.31. The van der Waals surface area contributed by atoms with Gasteiger partial charge in [0.1, 0.15) is 22.1 Å². The molecule has 0 spiro atoms. The third-order valence-electron chi connectivity index (χ3n) is 3.76. The number of hydrogen-bond donors (Lipinski definition) is 2. The minimum Gasteiger partial charge on any atom is -0.506 e. The van der Waals surface area contributed by atoms with Crippen LogP contribution in [0.5, 0.6) is 17.2 Å². The molecule has 3 rings (SSSR count). The fraction of sp³-hybridized carbons (Fsp3) is 0.267. The number of hydrogen-bond acceptors (Lipinski definition) is 8. The third kappa shape index (κ3) is 3.74. The maximum Gasteiger partial charge on any atom is 0.271 e. The van der Waals surface area contributed by atoms with Gasteiger partial charge in [-0.2, -0.15) is 4.31 Å². The van der Waals surface area contributed by atoms with Crippen LogP contribution in [0.3, 0.4) is 0 Å². The zero-order chi connectivity index (χ0) is 18.7. The van der Waals surface area contributed by atoms with Gasteiger partial charge >= 0.3 is 0 Å². The molecule has 10 nitrogen and oxygen atoms in total. The standard InChI is InChI=1S/C15H16N4O6S/c20-12-8-13(10-17-9-12)25-14-2-1-11(19(21)22)7-15(14)26(23,24)18-5-3-16-4-6-18/h1-2,7-10,16,20H,3-6H2. The van der Waals surface area contributed by atoms with Crippen molar-refractivity contribution in [3.05, 3.63) is 46.8 Å². The normalized spacial score (nSPS) is 15.5. The van der Waals surface area contributed by atoms with E-state index in [1.807, 2.05) is 0 Å². The Kier molecular flexibility index (Phi) is 5.02. The van der Waals surface area contributed by atoms with E-state index in [2.05, 4.69) is 10.3 Å². The summed E-state index contributed by atoms with van der Waals surface area (Å²) in [6.45, 7) is 1.47. The maximum atomic E-state index is 13.0. The number of aromatic hydroxyl groups is 1. The number of ether oxygens (including phenoxy) is 1. The lowest BCUT2D eigenvalue weighted by Gasteiger charge is -2.27. The van der Waals surface area contributed by atoms with Crippen LogP contribution >= 0.6 is 0 Å². The molecule has 138 valence electrons. The number of nitro groups is 1. The van der Waals surface area contributed by atoms with Crippen LogP contribution < -0.4 is 10.1 Å². The molecule has 0 saturated carbocycles. The van der Waals surface area contributed by atoms with Crippen molar-refractivity contribution in [2.75, 3.05) is 26.2 Å². The van der Waals surface area contributed by atoms with Crippen molar-refractivity contribution in [3.8, 4) is 17.2 Å². The molecule has 2 N–H and O–H groups in total. The number of non-ortho nitro benzene ring substituents is 1. The Morgan fingerprint density at radius 2 is 1.96 bits per heavy atom. The SMILES string of the molecule is O=[N+]([O-])c1ccc(Oc2cncc(O)c2)c(S(=O)(=O)N2CCNCC2)c1. The van der Waals surface area contributed by atoms with E-state index in [1.165, 1.54) is 28.8 Å². The van der Waals surface area contributed by atoms with Crippen LogP contribution in [0, 0.1) is 10.1 Å². The van der Waals surface area contributed by atoms with Gasteiger partial charge in [0.25, 0.3) is 5.69 Å². The second-order valence-corrected chi connectivity index (χ2v) is 7.43. The lowest BCUT2D eigenvalue weighted by atomic mass is 10.3. The van der Waals surface area contributed by atoms with Crippen LogP contribution in [0.2, 0.25) is 0 Å². The van der Waals surface area contributed by atoms with Crippen LogP contribution in [0.1, 0.15) is 0 Å². The molecule has 0 bridgehead atoms. The van der Waals surface area contributed by atoms with E-state index in [0.29, 0.717) is 13.1 Å². The van der Waals surface area contributed by atoms with E-state index in [9.17, 15) is 23.6 Å². The highest BCUT2D eigenvalue weighted by atomic mass is 32.2. The van der Waals surface area contributed by atoms with Crippen molar-refractivity contribution in [3.63, 3.8) is 0 Å². The number of sulfonamides is 1. The summed E-state index contributed by atoms with van der Waals surface area (Å²) in [5.41, 5.74) is -0.361. The van der Waals surface area contributed by atoms with Gasteiger partial charge in [0.05, 0.1) is 17.3 Å². The Hall–Kier alpha value is -2.76. The molecule has 1 saturated heterocycles. The van der Waals surface area contributed by atoms with Crippen LogP contribution in [-0.2, 0) is 10.0 Å². The Morgan fingerprint density at radius 3 is 2.62 bits per heavy atom. The molecule has 0 radical (unpaired) electrons. The van der Waals surface area contributed by atoms with Gasteiger partial charge in [-0.05, 0) is 6.07 Å². The quantitative estimate of drug-likeness (QED) is 0.581. The van der Waals surface area contributed by atoms with Crippen LogP contribution in [0.4, 0.5) is 5.69 Å². The van der Waals surface area contributed by atoms with E-state index in [4.69, 9.17) is 4.74 Å². The molecule has 1 aromatic carbocycles. The minimum absolute atomic E-state index is 0.0819. The van der Waals surface area contributed by atoms with Gasteiger partial charge in [-0.3, -0.25) is 15.1 Å². The Labute approximate surface area is 149 Å².